The minimum absolute atomic E-state index is 0.283. The Balaban J connectivity index is 2.72. The van der Waals surface area contributed by atoms with Gasteiger partial charge in [0.15, 0.2) is 0 Å². The molecule has 0 aliphatic heterocycles. The highest BCUT2D eigenvalue weighted by Gasteiger charge is 2.71. The largest absolute Gasteiger partial charge is 0.469 e. The second-order valence-corrected chi connectivity index (χ2v) is 4.69. The number of hydrogen-bond donors (Lipinski definition) is 0. The van der Waals surface area contributed by atoms with Crippen LogP contribution in [0, 0.1) is 5.41 Å². The molecule has 0 spiro atoms. The molecule has 0 aromatic heterocycles. The average Bonchev–Trinajstić information content (AvgIpc) is 2.54. The number of hydrogen-bond acceptors (Lipinski definition) is 2. The predicted octanol–water partition coefficient (Wildman–Crippen LogP) is 2.52. The second-order valence-electron chi connectivity index (χ2n) is 3.20. The summed E-state index contributed by atoms with van der Waals surface area (Å²) in [7, 11) is 1.36. The Hall–Kier alpha value is 0.0500. The highest BCUT2D eigenvalue weighted by atomic mass is 35.5. The van der Waals surface area contributed by atoms with E-state index in [1.54, 1.807) is 0 Å². The molecule has 0 heterocycles. The fourth-order valence-corrected chi connectivity index (χ4v) is 2.35. The second kappa shape index (κ2) is 3.08. The third-order valence-corrected chi connectivity index (χ3v) is 3.34. The van der Waals surface area contributed by atoms with Gasteiger partial charge in [-0.2, -0.15) is 0 Å². The van der Waals surface area contributed by atoms with Crippen LogP contribution < -0.4 is 0 Å². The smallest absolute Gasteiger partial charge is 0.314 e. The first-order valence-electron chi connectivity index (χ1n) is 3.96. The van der Waals surface area contributed by atoms with E-state index in [9.17, 15) is 4.79 Å². The first-order valence-corrected chi connectivity index (χ1v) is 4.72. The molecule has 1 aliphatic rings. The van der Waals surface area contributed by atoms with Crippen molar-refractivity contribution in [2.24, 2.45) is 5.41 Å². The third-order valence-electron chi connectivity index (χ3n) is 2.35. The number of methoxy groups -OCH3 is 1. The SMILES string of the molecule is CCC[C@@]1(C(=O)OC)CC1(Cl)Cl. The predicted molar refractivity (Wildman–Crippen MR) is 48.4 cm³/mol. The molecule has 0 unspecified atom stereocenters. The lowest BCUT2D eigenvalue weighted by Gasteiger charge is -2.13. The molecule has 1 atom stereocenters. The van der Waals surface area contributed by atoms with E-state index in [0.29, 0.717) is 12.8 Å². The molecule has 0 bridgehead atoms. The van der Waals surface area contributed by atoms with E-state index in [4.69, 9.17) is 23.2 Å². The molecule has 12 heavy (non-hydrogen) atoms. The van der Waals surface area contributed by atoms with Crippen LogP contribution >= 0.6 is 23.2 Å². The number of alkyl halides is 2. The van der Waals surface area contributed by atoms with Crippen LogP contribution in [-0.4, -0.2) is 17.4 Å². The monoisotopic (exact) mass is 210 g/mol. The quantitative estimate of drug-likeness (QED) is 0.529. The molecule has 70 valence electrons. The van der Waals surface area contributed by atoms with Gasteiger partial charge in [-0.3, -0.25) is 4.79 Å². The Morgan fingerprint density at radius 2 is 2.08 bits per heavy atom. The molecule has 0 saturated heterocycles. The molecule has 0 aromatic carbocycles. The van der Waals surface area contributed by atoms with E-state index in [1.165, 1.54) is 7.11 Å². The molecule has 0 aromatic rings. The minimum Gasteiger partial charge on any atom is -0.469 e. The molecular weight excluding hydrogens is 199 g/mol. The summed E-state index contributed by atoms with van der Waals surface area (Å²) in [4.78, 5) is 11.3. The van der Waals surface area contributed by atoms with Crippen LogP contribution in [0.3, 0.4) is 0 Å². The maximum Gasteiger partial charge on any atom is 0.314 e. The van der Waals surface area contributed by atoms with Crippen molar-refractivity contribution < 1.29 is 9.53 Å². The number of rotatable bonds is 3. The molecule has 1 saturated carbocycles. The molecule has 0 radical (unpaired) electrons. The van der Waals surface area contributed by atoms with Crippen LogP contribution in [0.4, 0.5) is 0 Å². The van der Waals surface area contributed by atoms with E-state index in [0.717, 1.165) is 6.42 Å². The van der Waals surface area contributed by atoms with Gasteiger partial charge in [0.1, 0.15) is 9.75 Å². The number of carbonyl (C=O) groups is 1. The Morgan fingerprint density at radius 3 is 2.33 bits per heavy atom. The summed E-state index contributed by atoms with van der Waals surface area (Å²) >= 11 is 11.8. The van der Waals surface area contributed by atoms with Crippen molar-refractivity contribution >= 4 is 29.2 Å². The van der Waals surface area contributed by atoms with Crippen LogP contribution in [0.5, 0.6) is 0 Å². The minimum atomic E-state index is -0.893. The summed E-state index contributed by atoms with van der Waals surface area (Å²) in [5, 5.41) is 0. The topological polar surface area (TPSA) is 26.3 Å². The van der Waals surface area contributed by atoms with Gasteiger partial charge >= 0.3 is 5.97 Å². The van der Waals surface area contributed by atoms with E-state index < -0.39 is 9.75 Å². The van der Waals surface area contributed by atoms with Gasteiger partial charge in [-0.1, -0.05) is 13.3 Å². The van der Waals surface area contributed by atoms with Gasteiger partial charge in [-0.15, -0.1) is 23.2 Å². The molecule has 0 amide bonds. The number of esters is 1. The first-order chi connectivity index (χ1) is 5.50. The van der Waals surface area contributed by atoms with E-state index in [-0.39, 0.29) is 5.97 Å². The van der Waals surface area contributed by atoms with Gasteiger partial charge in [0.2, 0.25) is 0 Å². The van der Waals surface area contributed by atoms with Gasteiger partial charge in [-0.05, 0) is 6.42 Å². The lowest BCUT2D eigenvalue weighted by molar-refractivity contribution is -0.147. The van der Waals surface area contributed by atoms with Crippen molar-refractivity contribution in [3.05, 3.63) is 0 Å². The van der Waals surface area contributed by atoms with Crippen LogP contribution in [0.2, 0.25) is 0 Å². The molecular formula is C8H12Cl2O2. The van der Waals surface area contributed by atoms with Crippen molar-refractivity contribution in [2.75, 3.05) is 7.11 Å². The Kier molecular flexibility index (Phi) is 2.60. The van der Waals surface area contributed by atoms with Crippen LogP contribution in [0.15, 0.2) is 0 Å². The Morgan fingerprint density at radius 1 is 1.58 bits per heavy atom. The van der Waals surface area contributed by atoms with Crippen LogP contribution in [-0.2, 0) is 9.53 Å². The average molecular weight is 211 g/mol. The molecule has 1 aliphatic carbocycles. The number of ether oxygens (including phenoxy) is 1. The zero-order chi connectivity index (χ0) is 9.41. The number of halogens is 2. The van der Waals surface area contributed by atoms with Crippen molar-refractivity contribution in [3.63, 3.8) is 0 Å². The summed E-state index contributed by atoms with van der Waals surface area (Å²) in [5.41, 5.74) is -0.625. The molecule has 4 heteroatoms. The zero-order valence-electron chi connectivity index (χ0n) is 7.19. The molecule has 1 rings (SSSR count). The normalized spacial score (nSPS) is 31.3. The Bertz CT molecular complexity index is 203. The lowest BCUT2D eigenvalue weighted by atomic mass is 10.0. The molecule has 2 nitrogen and oxygen atoms in total. The van der Waals surface area contributed by atoms with Gasteiger partial charge < -0.3 is 4.74 Å². The van der Waals surface area contributed by atoms with E-state index in [1.807, 2.05) is 6.92 Å². The summed E-state index contributed by atoms with van der Waals surface area (Å²) < 4.78 is 3.77. The summed E-state index contributed by atoms with van der Waals surface area (Å²) in [6.45, 7) is 1.99. The van der Waals surface area contributed by atoms with Crippen molar-refractivity contribution in [3.8, 4) is 0 Å². The van der Waals surface area contributed by atoms with Crippen molar-refractivity contribution in [2.45, 2.75) is 30.5 Å². The van der Waals surface area contributed by atoms with Crippen LogP contribution in [0.1, 0.15) is 26.2 Å². The van der Waals surface area contributed by atoms with Gasteiger partial charge in [0.25, 0.3) is 0 Å². The fraction of sp³-hybridized carbons (Fsp3) is 0.875. The molecule has 0 N–H and O–H groups in total. The van der Waals surface area contributed by atoms with Gasteiger partial charge in [-0.25, -0.2) is 0 Å². The standard InChI is InChI=1S/C8H12Cl2O2/c1-3-4-7(6(11)12-2)5-8(7,9)10/h3-5H2,1-2H3/t7-/m0/s1. The maximum absolute atomic E-state index is 11.3. The van der Waals surface area contributed by atoms with E-state index >= 15 is 0 Å². The van der Waals surface area contributed by atoms with Crippen LogP contribution in [0.25, 0.3) is 0 Å². The highest BCUT2D eigenvalue weighted by molar-refractivity contribution is 6.53. The highest BCUT2D eigenvalue weighted by Crippen LogP contribution is 2.66. The summed E-state index contributed by atoms with van der Waals surface area (Å²) in [6, 6.07) is 0. The lowest BCUT2D eigenvalue weighted by Crippen LogP contribution is -2.23. The van der Waals surface area contributed by atoms with Crippen molar-refractivity contribution in [1.82, 2.24) is 0 Å². The number of carbonyl (C=O) groups excluding carboxylic acids is 1. The van der Waals surface area contributed by atoms with Gasteiger partial charge in [0.05, 0.1) is 7.11 Å². The maximum atomic E-state index is 11.3. The Labute approximate surface area is 82.2 Å². The summed E-state index contributed by atoms with van der Waals surface area (Å²) in [6.07, 6.45) is 2.10. The fourth-order valence-electron chi connectivity index (χ4n) is 1.55. The van der Waals surface area contributed by atoms with Crippen molar-refractivity contribution in [1.29, 1.82) is 0 Å². The van der Waals surface area contributed by atoms with Gasteiger partial charge in [0, 0.05) is 6.42 Å². The third kappa shape index (κ3) is 1.31. The first kappa shape index (κ1) is 10.1. The molecule has 1 fully saturated rings. The summed E-state index contributed by atoms with van der Waals surface area (Å²) in [5.74, 6) is -0.283. The van der Waals surface area contributed by atoms with E-state index in [2.05, 4.69) is 4.74 Å². The zero-order valence-corrected chi connectivity index (χ0v) is 8.71.